The zero-order valence-electron chi connectivity index (χ0n) is 54.9. The summed E-state index contributed by atoms with van der Waals surface area (Å²) in [5.41, 5.74) is 0. The van der Waals surface area contributed by atoms with Gasteiger partial charge in [-0.15, -0.1) is 0 Å². The average molecular weight is 1130 g/mol. The van der Waals surface area contributed by atoms with Crippen molar-refractivity contribution in [2.75, 3.05) is 13.2 Å². The van der Waals surface area contributed by atoms with Crippen LogP contribution in [0.2, 0.25) is 0 Å². The molecule has 0 aromatic carbocycles. The van der Waals surface area contributed by atoms with Crippen LogP contribution in [-0.2, 0) is 28.6 Å². The van der Waals surface area contributed by atoms with Crippen LogP contribution in [0, 0.1) is 0 Å². The van der Waals surface area contributed by atoms with Gasteiger partial charge in [-0.05, 0) is 19.3 Å². The van der Waals surface area contributed by atoms with Crippen LogP contribution in [0.25, 0.3) is 0 Å². The van der Waals surface area contributed by atoms with E-state index in [-0.39, 0.29) is 31.1 Å². The van der Waals surface area contributed by atoms with Crippen LogP contribution < -0.4 is 0 Å². The Bertz CT molecular complexity index is 1200. The van der Waals surface area contributed by atoms with Gasteiger partial charge < -0.3 is 14.2 Å². The van der Waals surface area contributed by atoms with E-state index in [1.807, 2.05) is 0 Å². The first-order valence-electron chi connectivity index (χ1n) is 37.0. The molecule has 0 fully saturated rings. The molecular weight excluding hydrogens is 985 g/mol. The first kappa shape index (κ1) is 78.4. The topological polar surface area (TPSA) is 78.9 Å². The van der Waals surface area contributed by atoms with Crippen LogP contribution in [0.1, 0.15) is 438 Å². The maximum absolute atomic E-state index is 12.9. The van der Waals surface area contributed by atoms with Crippen molar-refractivity contribution in [1.82, 2.24) is 0 Å². The van der Waals surface area contributed by atoms with Crippen molar-refractivity contribution in [2.24, 2.45) is 0 Å². The Labute approximate surface area is 501 Å². The van der Waals surface area contributed by atoms with E-state index in [0.29, 0.717) is 19.3 Å². The van der Waals surface area contributed by atoms with Gasteiger partial charge in [-0.3, -0.25) is 14.4 Å². The fraction of sp³-hybridized carbons (Fsp3) is 0.959. The highest BCUT2D eigenvalue weighted by Crippen LogP contribution is 2.20. The van der Waals surface area contributed by atoms with Gasteiger partial charge in [0.15, 0.2) is 6.10 Å². The molecule has 0 aliphatic heterocycles. The van der Waals surface area contributed by atoms with Gasteiger partial charge in [0.2, 0.25) is 0 Å². The fourth-order valence-corrected chi connectivity index (χ4v) is 11.8. The van der Waals surface area contributed by atoms with Crippen molar-refractivity contribution in [1.29, 1.82) is 0 Å². The maximum atomic E-state index is 12.9. The Balaban J connectivity index is 3.91. The number of carbonyl (C=O) groups is 3. The van der Waals surface area contributed by atoms with Crippen LogP contribution in [0.15, 0.2) is 0 Å². The van der Waals surface area contributed by atoms with Crippen molar-refractivity contribution in [3.63, 3.8) is 0 Å². The van der Waals surface area contributed by atoms with E-state index in [1.165, 1.54) is 340 Å². The fourth-order valence-electron chi connectivity index (χ4n) is 11.8. The van der Waals surface area contributed by atoms with Crippen LogP contribution in [-0.4, -0.2) is 37.2 Å². The molecule has 0 heterocycles. The second kappa shape index (κ2) is 69.9. The highest BCUT2D eigenvalue weighted by molar-refractivity contribution is 5.71. The van der Waals surface area contributed by atoms with Gasteiger partial charge in [0.1, 0.15) is 13.2 Å². The largest absolute Gasteiger partial charge is 0.462 e. The van der Waals surface area contributed by atoms with Crippen molar-refractivity contribution in [3.05, 3.63) is 0 Å². The molecule has 1 atom stereocenters. The van der Waals surface area contributed by atoms with E-state index in [0.717, 1.165) is 57.8 Å². The highest BCUT2D eigenvalue weighted by atomic mass is 16.6. The third-order valence-electron chi connectivity index (χ3n) is 17.4. The van der Waals surface area contributed by atoms with Gasteiger partial charge in [0, 0.05) is 19.3 Å². The molecule has 1 unspecified atom stereocenters. The quantitative estimate of drug-likeness (QED) is 0.0343. The predicted octanol–water partition coefficient (Wildman–Crippen LogP) is 25.4. The van der Waals surface area contributed by atoms with Gasteiger partial charge in [0.05, 0.1) is 0 Å². The number of rotatable bonds is 70. The molecule has 0 aromatic heterocycles. The van der Waals surface area contributed by atoms with Gasteiger partial charge in [-0.2, -0.15) is 0 Å². The molecule has 6 nitrogen and oxygen atoms in total. The first-order chi connectivity index (χ1) is 39.5. The van der Waals surface area contributed by atoms with Crippen molar-refractivity contribution < 1.29 is 28.6 Å². The lowest BCUT2D eigenvalue weighted by molar-refractivity contribution is -0.167. The van der Waals surface area contributed by atoms with E-state index in [1.54, 1.807) is 0 Å². The van der Waals surface area contributed by atoms with Gasteiger partial charge in [0.25, 0.3) is 0 Å². The molecule has 0 N–H and O–H groups in total. The lowest BCUT2D eigenvalue weighted by atomic mass is 10.0. The Morgan fingerprint density at radius 1 is 0.200 bits per heavy atom. The highest BCUT2D eigenvalue weighted by Gasteiger charge is 2.20. The van der Waals surface area contributed by atoms with E-state index in [4.69, 9.17) is 14.2 Å². The summed E-state index contributed by atoms with van der Waals surface area (Å²) >= 11 is 0. The van der Waals surface area contributed by atoms with Crippen LogP contribution in [0.3, 0.4) is 0 Å². The summed E-state index contributed by atoms with van der Waals surface area (Å²) in [6, 6.07) is 0. The molecule has 0 aliphatic rings. The molecule has 0 saturated carbocycles. The number of unbranched alkanes of at least 4 members (excludes halogenated alkanes) is 59. The first-order valence-corrected chi connectivity index (χ1v) is 37.0. The Hall–Kier alpha value is -1.59. The van der Waals surface area contributed by atoms with E-state index >= 15 is 0 Å². The van der Waals surface area contributed by atoms with Gasteiger partial charge in [-0.1, -0.05) is 400 Å². The molecule has 0 aromatic rings. The van der Waals surface area contributed by atoms with Crippen LogP contribution in [0.5, 0.6) is 0 Å². The number of hydrogen-bond donors (Lipinski definition) is 0. The molecular formula is C74H144O6. The Kier molecular flexibility index (Phi) is 68.5. The molecule has 0 aliphatic carbocycles. The molecule has 476 valence electrons. The lowest BCUT2D eigenvalue weighted by Gasteiger charge is -2.18. The monoisotopic (exact) mass is 1130 g/mol. The van der Waals surface area contributed by atoms with Crippen molar-refractivity contribution in [2.45, 2.75) is 444 Å². The minimum absolute atomic E-state index is 0.0615. The summed E-state index contributed by atoms with van der Waals surface area (Å²) in [6.45, 7) is 6.68. The summed E-state index contributed by atoms with van der Waals surface area (Å²) in [5.74, 6) is -0.835. The predicted molar refractivity (Wildman–Crippen MR) is 349 cm³/mol. The molecule has 0 amide bonds. The molecule has 0 saturated heterocycles. The Morgan fingerprint density at radius 2 is 0.338 bits per heavy atom. The van der Waals surface area contributed by atoms with Crippen LogP contribution >= 0.6 is 0 Å². The number of ether oxygens (including phenoxy) is 3. The smallest absolute Gasteiger partial charge is 0.306 e. The summed E-state index contributed by atoms with van der Waals surface area (Å²) in [5, 5.41) is 0. The van der Waals surface area contributed by atoms with Crippen LogP contribution in [0.4, 0.5) is 0 Å². The second-order valence-electron chi connectivity index (χ2n) is 25.6. The third kappa shape index (κ3) is 67.2. The summed E-state index contributed by atoms with van der Waals surface area (Å²) in [7, 11) is 0. The molecule has 0 bridgehead atoms. The molecule has 0 radical (unpaired) electrons. The summed E-state index contributed by atoms with van der Waals surface area (Å²) in [6.07, 6.45) is 83.5. The van der Waals surface area contributed by atoms with Gasteiger partial charge >= 0.3 is 17.9 Å². The molecule has 0 spiro atoms. The number of carbonyl (C=O) groups excluding carboxylic acids is 3. The summed E-state index contributed by atoms with van der Waals surface area (Å²) in [4.78, 5) is 38.1. The minimum Gasteiger partial charge on any atom is -0.462 e. The normalized spacial score (nSPS) is 11.9. The molecule has 0 rings (SSSR count). The zero-order chi connectivity index (χ0) is 57.8. The standard InChI is InChI=1S/C74H144O6/c1-4-7-10-13-16-18-20-22-24-26-28-30-32-34-36-37-38-39-41-42-44-46-48-50-52-54-56-58-61-64-67-73(76)79-70-71(69-78-72(75)66-63-60-15-12-9-6-3)80-74(77)68-65-62-59-57-55-53-51-49-47-45-43-40-35-33-31-29-27-25-23-21-19-17-14-11-8-5-2/h71H,4-70H2,1-3H3. The van der Waals surface area contributed by atoms with E-state index in [9.17, 15) is 14.4 Å². The lowest BCUT2D eigenvalue weighted by Crippen LogP contribution is -2.30. The van der Waals surface area contributed by atoms with Crippen molar-refractivity contribution in [3.8, 4) is 0 Å². The summed E-state index contributed by atoms with van der Waals surface area (Å²) < 4.78 is 16.9. The second-order valence-corrected chi connectivity index (χ2v) is 25.6. The number of esters is 3. The SMILES string of the molecule is CCCCCCCCCCCCCCCCCCCCCCCCCCCCCCCCC(=O)OCC(COC(=O)CCCCCCCC)OC(=O)CCCCCCCCCCCCCCCCCCCCCCCCCCCC. The molecule has 6 heteroatoms. The van der Waals surface area contributed by atoms with Crippen molar-refractivity contribution >= 4 is 17.9 Å². The minimum atomic E-state index is -0.762. The average Bonchev–Trinajstić information content (AvgIpc) is 3.46. The maximum Gasteiger partial charge on any atom is 0.306 e. The third-order valence-corrected chi connectivity index (χ3v) is 17.4. The van der Waals surface area contributed by atoms with E-state index < -0.39 is 6.10 Å². The van der Waals surface area contributed by atoms with E-state index in [2.05, 4.69) is 20.8 Å². The zero-order valence-corrected chi connectivity index (χ0v) is 54.9. The molecule has 80 heavy (non-hydrogen) atoms. The number of hydrogen-bond acceptors (Lipinski definition) is 6. The Morgan fingerprint density at radius 3 is 0.500 bits per heavy atom. The van der Waals surface area contributed by atoms with Gasteiger partial charge in [-0.25, -0.2) is 0 Å².